The smallest absolute Gasteiger partial charge is 0.243 e. The Morgan fingerprint density at radius 1 is 1.48 bits per heavy atom. The predicted octanol–water partition coefficient (Wildman–Crippen LogP) is 1.37. The van der Waals surface area contributed by atoms with Crippen LogP contribution in [0, 0.1) is 11.7 Å². The Hall–Kier alpha value is -1.02. The zero-order valence-electron chi connectivity index (χ0n) is 12.0. The Kier molecular flexibility index (Phi) is 5.32. The van der Waals surface area contributed by atoms with Gasteiger partial charge in [-0.25, -0.2) is 17.1 Å². The van der Waals surface area contributed by atoms with E-state index in [4.69, 9.17) is 4.74 Å². The maximum atomic E-state index is 13.4. The summed E-state index contributed by atoms with van der Waals surface area (Å²) in [5, 5.41) is 9.25. The van der Waals surface area contributed by atoms with Gasteiger partial charge in [0, 0.05) is 20.2 Å². The maximum absolute atomic E-state index is 13.4. The van der Waals surface area contributed by atoms with E-state index in [1.165, 1.54) is 17.4 Å². The Labute approximate surface area is 124 Å². The van der Waals surface area contributed by atoms with Crippen LogP contribution in [0.15, 0.2) is 23.1 Å². The summed E-state index contributed by atoms with van der Waals surface area (Å²) < 4.78 is 45.0. The van der Waals surface area contributed by atoms with E-state index >= 15 is 0 Å². The van der Waals surface area contributed by atoms with Crippen molar-refractivity contribution in [1.82, 2.24) is 4.31 Å². The Bertz CT molecular complexity index is 585. The minimum absolute atomic E-state index is 0.143. The molecule has 1 saturated heterocycles. The highest BCUT2D eigenvalue weighted by Gasteiger charge is 2.27. The SMILES string of the molecule is CN(CC1CCCOC1)S(=O)(=O)c1cc(F)ccc1CO. The number of sulfonamides is 1. The van der Waals surface area contributed by atoms with Crippen molar-refractivity contribution in [3.63, 3.8) is 0 Å². The van der Waals surface area contributed by atoms with Crippen molar-refractivity contribution >= 4 is 10.0 Å². The van der Waals surface area contributed by atoms with Crippen molar-refractivity contribution in [2.75, 3.05) is 26.8 Å². The summed E-state index contributed by atoms with van der Waals surface area (Å²) in [5.41, 5.74) is 0.197. The molecule has 2 rings (SSSR count). The van der Waals surface area contributed by atoms with Crippen LogP contribution in [0.3, 0.4) is 0 Å². The monoisotopic (exact) mass is 317 g/mol. The number of halogens is 1. The lowest BCUT2D eigenvalue weighted by Gasteiger charge is -2.27. The second kappa shape index (κ2) is 6.83. The van der Waals surface area contributed by atoms with Gasteiger partial charge < -0.3 is 9.84 Å². The molecular weight excluding hydrogens is 297 g/mol. The molecule has 1 fully saturated rings. The second-order valence-corrected chi connectivity index (χ2v) is 7.29. The molecule has 1 atom stereocenters. The molecule has 0 aliphatic carbocycles. The fraction of sp³-hybridized carbons (Fsp3) is 0.571. The third kappa shape index (κ3) is 3.79. The summed E-state index contributed by atoms with van der Waals surface area (Å²) in [5.74, 6) is -0.496. The number of benzene rings is 1. The fourth-order valence-electron chi connectivity index (χ4n) is 2.48. The van der Waals surface area contributed by atoms with Gasteiger partial charge in [0.05, 0.1) is 18.1 Å². The van der Waals surface area contributed by atoms with Crippen molar-refractivity contribution in [2.45, 2.75) is 24.3 Å². The normalized spacial score (nSPS) is 19.9. The zero-order chi connectivity index (χ0) is 15.5. The molecule has 0 bridgehead atoms. The van der Waals surface area contributed by atoms with Gasteiger partial charge in [-0.05, 0) is 36.5 Å². The van der Waals surface area contributed by atoms with Crippen molar-refractivity contribution in [3.8, 4) is 0 Å². The van der Waals surface area contributed by atoms with Gasteiger partial charge in [-0.2, -0.15) is 0 Å². The summed E-state index contributed by atoms with van der Waals surface area (Å²) in [6.07, 6.45) is 1.83. The first-order valence-corrected chi connectivity index (χ1v) is 8.32. The van der Waals surface area contributed by atoms with Crippen LogP contribution in [-0.4, -0.2) is 44.6 Å². The molecule has 1 aliphatic rings. The van der Waals surface area contributed by atoms with Gasteiger partial charge in [0.1, 0.15) is 5.82 Å². The highest BCUT2D eigenvalue weighted by atomic mass is 32.2. The predicted molar refractivity (Wildman–Crippen MR) is 75.7 cm³/mol. The molecule has 5 nitrogen and oxygen atoms in total. The number of ether oxygens (including phenoxy) is 1. The number of rotatable bonds is 5. The lowest BCUT2D eigenvalue weighted by molar-refractivity contribution is 0.0495. The topological polar surface area (TPSA) is 66.8 Å². The van der Waals surface area contributed by atoms with E-state index in [1.54, 1.807) is 0 Å². The molecular formula is C14H20FNO4S. The van der Waals surface area contributed by atoms with Crippen LogP contribution in [0.5, 0.6) is 0 Å². The largest absolute Gasteiger partial charge is 0.392 e. The van der Waals surface area contributed by atoms with Gasteiger partial charge in [0.15, 0.2) is 0 Å². The summed E-state index contributed by atoms with van der Waals surface area (Å²) in [6, 6.07) is 3.38. The quantitative estimate of drug-likeness (QED) is 0.890. The Balaban J connectivity index is 2.22. The van der Waals surface area contributed by atoms with Crippen LogP contribution in [0.4, 0.5) is 4.39 Å². The van der Waals surface area contributed by atoms with Gasteiger partial charge in [-0.15, -0.1) is 0 Å². The molecule has 0 aromatic heterocycles. The molecule has 1 unspecified atom stereocenters. The highest BCUT2D eigenvalue weighted by Crippen LogP contribution is 2.23. The number of aliphatic hydroxyl groups is 1. The Morgan fingerprint density at radius 3 is 2.86 bits per heavy atom. The lowest BCUT2D eigenvalue weighted by Crippen LogP contribution is -2.35. The molecule has 21 heavy (non-hydrogen) atoms. The highest BCUT2D eigenvalue weighted by molar-refractivity contribution is 7.89. The average molecular weight is 317 g/mol. The molecule has 118 valence electrons. The third-order valence-corrected chi connectivity index (χ3v) is 5.56. The molecule has 0 saturated carbocycles. The first-order valence-electron chi connectivity index (χ1n) is 6.88. The minimum atomic E-state index is -3.83. The second-order valence-electron chi connectivity index (χ2n) is 5.28. The fourth-order valence-corrected chi connectivity index (χ4v) is 3.95. The lowest BCUT2D eigenvalue weighted by atomic mass is 10.0. The zero-order valence-corrected chi connectivity index (χ0v) is 12.8. The number of hydrogen-bond donors (Lipinski definition) is 1. The average Bonchev–Trinajstić information content (AvgIpc) is 2.48. The summed E-state index contributed by atoms with van der Waals surface area (Å²) >= 11 is 0. The van der Waals surface area contributed by atoms with Crippen LogP contribution >= 0.6 is 0 Å². The van der Waals surface area contributed by atoms with E-state index in [0.717, 1.165) is 25.0 Å². The van der Waals surface area contributed by atoms with Gasteiger partial charge in [0.25, 0.3) is 0 Å². The van der Waals surface area contributed by atoms with Crippen LogP contribution in [0.25, 0.3) is 0 Å². The summed E-state index contributed by atoms with van der Waals surface area (Å²) in [7, 11) is -2.36. The molecule has 1 aromatic rings. The van der Waals surface area contributed by atoms with Gasteiger partial charge in [-0.1, -0.05) is 6.07 Å². The molecule has 0 radical (unpaired) electrons. The van der Waals surface area contributed by atoms with Gasteiger partial charge in [-0.3, -0.25) is 0 Å². The minimum Gasteiger partial charge on any atom is -0.392 e. The molecule has 7 heteroatoms. The van der Waals surface area contributed by atoms with Crippen LogP contribution < -0.4 is 0 Å². The van der Waals surface area contributed by atoms with Crippen molar-refractivity contribution in [1.29, 1.82) is 0 Å². The van der Waals surface area contributed by atoms with E-state index in [2.05, 4.69) is 0 Å². The summed E-state index contributed by atoms with van der Waals surface area (Å²) in [4.78, 5) is -0.177. The molecule has 1 N–H and O–H groups in total. The maximum Gasteiger partial charge on any atom is 0.243 e. The van der Waals surface area contributed by atoms with Gasteiger partial charge >= 0.3 is 0 Å². The van der Waals surface area contributed by atoms with Crippen molar-refractivity contribution < 1.29 is 22.7 Å². The standard InChI is InChI=1S/C14H20FNO4S/c1-16(8-11-3-2-6-20-10-11)21(18,19)14-7-13(15)5-4-12(14)9-17/h4-5,7,11,17H,2-3,6,8-10H2,1H3. The van der Waals surface area contributed by atoms with E-state index in [0.29, 0.717) is 19.8 Å². The molecule has 0 spiro atoms. The number of nitrogens with zero attached hydrogens (tertiary/aromatic N) is 1. The summed E-state index contributed by atoms with van der Waals surface area (Å²) in [6.45, 7) is 1.13. The number of hydrogen-bond acceptors (Lipinski definition) is 4. The Morgan fingerprint density at radius 2 is 2.24 bits per heavy atom. The first-order chi connectivity index (χ1) is 9.95. The first kappa shape index (κ1) is 16.4. The van der Waals surface area contributed by atoms with Crippen molar-refractivity contribution in [3.05, 3.63) is 29.6 Å². The molecule has 0 amide bonds. The van der Waals surface area contributed by atoms with Gasteiger partial charge in [0.2, 0.25) is 10.0 Å². The third-order valence-electron chi connectivity index (χ3n) is 3.66. The van der Waals surface area contributed by atoms with Crippen molar-refractivity contribution in [2.24, 2.45) is 5.92 Å². The van der Waals surface area contributed by atoms with E-state index in [9.17, 15) is 17.9 Å². The van der Waals surface area contributed by atoms with Crippen LogP contribution in [0.1, 0.15) is 18.4 Å². The van der Waals surface area contributed by atoms with Crippen LogP contribution in [-0.2, 0) is 21.4 Å². The van der Waals surface area contributed by atoms with E-state index < -0.39 is 22.4 Å². The van der Waals surface area contributed by atoms with Crippen LogP contribution in [0.2, 0.25) is 0 Å². The van der Waals surface area contributed by atoms with E-state index in [-0.39, 0.29) is 16.4 Å². The van der Waals surface area contributed by atoms with E-state index in [1.807, 2.05) is 0 Å². The number of aliphatic hydroxyl groups excluding tert-OH is 1. The molecule has 1 aliphatic heterocycles. The molecule has 1 heterocycles. The molecule has 1 aromatic carbocycles.